The zero-order chi connectivity index (χ0) is 14.4. The van der Waals surface area contributed by atoms with Crippen LogP contribution < -0.4 is 4.74 Å². The van der Waals surface area contributed by atoms with Gasteiger partial charge in [-0.15, -0.1) is 0 Å². The molecule has 1 aromatic rings. The standard InChI is InChI=1S/C16H24O2S2/c1-3-15-16(20-11-10-19-15)14(17)9-6-12-4-7-13(18-2)8-5-12/h4-5,7-8,14-17H,3,6,9-11H2,1-2H3. The Bertz CT molecular complexity index is 394. The van der Waals surface area contributed by atoms with Gasteiger partial charge in [-0.1, -0.05) is 19.1 Å². The van der Waals surface area contributed by atoms with Crippen LogP contribution in [0.3, 0.4) is 0 Å². The molecule has 1 aromatic carbocycles. The first kappa shape index (κ1) is 16.1. The summed E-state index contributed by atoms with van der Waals surface area (Å²) in [5.74, 6) is 3.29. The second kappa shape index (κ2) is 8.20. The van der Waals surface area contributed by atoms with Gasteiger partial charge in [0.2, 0.25) is 0 Å². The van der Waals surface area contributed by atoms with Gasteiger partial charge in [-0.2, -0.15) is 23.5 Å². The van der Waals surface area contributed by atoms with E-state index in [1.807, 2.05) is 35.7 Å². The van der Waals surface area contributed by atoms with E-state index in [1.165, 1.54) is 17.1 Å². The summed E-state index contributed by atoms with van der Waals surface area (Å²) >= 11 is 3.98. The topological polar surface area (TPSA) is 29.5 Å². The zero-order valence-corrected chi connectivity index (χ0v) is 13.9. The van der Waals surface area contributed by atoms with E-state index in [-0.39, 0.29) is 6.10 Å². The summed E-state index contributed by atoms with van der Waals surface area (Å²) in [4.78, 5) is 0. The molecular formula is C16H24O2S2. The van der Waals surface area contributed by atoms with E-state index in [0.29, 0.717) is 10.5 Å². The lowest BCUT2D eigenvalue weighted by Gasteiger charge is -2.33. The predicted octanol–water partition coefficient (Wildman–Crippen LogP) is 3.62. The van der Waals surface area contributed by atoms with Gasteiger partial charge in [0.05, 0.1) is 13.2 Å². The fourth-order valence-electron chi connectivity index (χ4n) is 2.57. The molecule has 20 heavy (non-hydrogen) atoms. The first-order valence-corrected chi connectivity index (χ1v) is 9.38. The lowest BCUT2D eigenvalue weighted by atomic mass is 10.0. The predicted molar refractivity (Wildman–Crippen MR) is 90.1 cm³/mol. The van der Waals surface area contributed by atoms with Crippen molar-refractivity contribution in [1.82, 2.24) is 0 Å². The summed E-state index contributed by atoms with van der Waals surface area (Å²) in [5, 5.41) is 11.5. The van der Waals surface area contributed by atoms with Crippen LogP contribution in [-0.4, -0.2) is 40.3 Å². The Morgan fingerprint density at radius 3 is 2.60 bits per heavy atom. The molecule has 0 aromatic heterocycles. The molecule has 0 spiro atoms. The number of aryl methyl sites for hydroxylation is 1. The van der Waals surface area contributed by atoms with Crippen molar-refractivity contribution in [1.29, 1.82) is 0 Å². The Balaban J connectivity index is 1.85. The maximum atomic E-state index is 10.5. The van der Waals surface area contributed by atoms with Crippen LogP contribution in [0.2, 0.25) is 0 Å². The number of aliphatic hydroxyl groups excluding tert-OH is 1. The molecule has 0 radical (unpaired) electrons. The fraction of sp³-hybridized carbons (Fsp3) is 0.625. The lowest BCUT2D eigenvalue weighted by molar-refractivity contribution is 0.159. The molecule has 1 saturated heterocycles. The van der Waals surface area contributed by atoms with E-state index >= 15 is 0 Å². The van der Waals surface area contributed by atoms with Crippen molar-refractivity contribution in [2.75, 3.05) is 18.6 Å². The van der Waals surface area contributed by atoms with E-state index < -0.39 is 0 Å². The van der Waals surface area contributed by atoms with Crippen LogP contribution in [0.15, 0.2) is 24.3 Å². The molecule has 2 nitrogen and oxygen atoms in total. The normalized spacial score (nSPS) is 24.4. The highest BCUT2D eigenvalue weighted by Crippen LogP contribution is 2.36. The average molecular weight is 313 g/mol. The van der Waals surface area contributed by atoms with Crippen LogP contribution in [0.4, 0.5) is 0 Å². The minimum atomic E-state index is -0.195. The number of hydrogen-bond acceptors (Lipinski definition) is 4. The summed E-state index contributed by atoms with van der Waals surface area (Å²) in [6.45, 7) is 2.23. The van der Waals surface area contributed by atoms with Crippen LogP contribution in [0, 0.1) is 0 Å². The molecule has 2 rings (SSSR count). The minimum Gasteiger partial charge on any atom is -0.497 e. The quantitative estimate of drug-likeness (QED) is 0.869. The van der Waals surface area contributed by atoms with Crippen LogP contribution >= 0.6 is 23.5 Å². The molecule has 1 fully saturated rings. The average Bonchev–Trinajstić information content (AvgIpc) is 2.53. The molecule has 4 heteroatoms. The Morgan fingerprint density at radius 2 is 1.95 bits per heavy atom. The van der Waals surface area contributed by atoms with Gasteiger partial charge in [-0.25, -0.2) is 0 Å². The molecule has 1 N–H and O–H groups in total. The summed E-state index contributed by atoms with van der Waals surface area (Å²) in [5.41, 5.74) is 1.27. The summed E-state index contributed by atoms with van der Waals surface area (Å²) in [7, 11) is 1.68. The molecule has 0 bridgehead atoms. The Labute approximate surface area is 130 Å². The van der Waals surface area contributed by atoms with Gasteiger partial charge in [0, 0.05) is 22.0 Å². The van der Waals surface area contributed by atoms with Crippen molar-refractivity contribution in [3.05, 3.63) is 29.8 Å². The van der Waals surface area contributed by atoms with Crippen molar-refractivity contribution in [2.45, 2.75) is 42.8 Å². The van der Waals surface area contributed by atoms with Gasteiger partial charge >= 0.3 is 0 Å². The number of thioether (sulfide) groups is 2. The molecule has 3 atom stereocenters. The third-order valence-corrected chi connectivity index (χ3v) is 7.15. The monoisotopic (exact) mass is 312 g/mol. The van der Waals surface area contributed by atoms with Gasteiger partial charge < -0.3 is 9.84 Å². The van der Waals surface area contributed by atoms with E-state index in [0.717, 1.165) is 25.0 Å². The molecule has 3 unspecified atom stereocenters. The van der Waals surface area contributed by atoms with Crippen LogP contribution in [-0.2, 0) is 6.42 Å². The van der Waals surface area contributed by atoms with Crippen molar-refractivity contribution in [3.63, 3.8) is 0 Å². The first-order chi connectivity index (χ1) is 9.74. The third kappa shape index (κ3) is 4.34. The molecule has 0 aliphatic carbocycles. The first-order valence-electron chi connectivity index (χ1n) is 7.28. The number of aliphatic hydroxyl groups is 1. The Kier molecular flexibility index (Phi) is 6.59. The molecule has 1 aliphatic rings. The van der Waals surface area contributed by atoms with Gasteiger partial charge in [-0.05, 0) is 37.0 Å². The molecule has 0 saturated carbocycles. The van der Waals surface area contributed by atoms with Gasteiger partial charge in [-0.3, -0.25) is 0 Å². The van der Waals surface area contributed by atoms with Crippen LogP contribution in [0.25, 0.3) is 0 Å². The molecule has 1 heterocycles. The van der Waals surface area contributed by atoms with Crippen molar-refractivity contribution in [2.24, 2.45) is 0 Å². The number of hydrogen-bond donors (Lipinski definition) is 1. The second-order valence-electron chi connectivity index (χ2n) is 5.11. The summed E-state index contributed by atoms with van der Waals surface area (Å²) in [6, 6.07) is 8.15. The summed E-state index contributed by atoms with van der Waals surface area (Å²) < 4.78 is 5.16. The third-order valence-electron chi connectivity index (χ3n) is 3.76. The molecule has 112 valence electrons. The van der Waals surface area contributed by atoms with E-state index in [4.69, 9.17) is 4.74 Å². The van der Waals surface area contributed by atoms with Crippen LogP contribution in [0.5, 0.6) is 5.75 Å². The van der Waals surface area contributed by atoms with Gasteiger partial charge in [0.1, 0.15) is 5.75 Å². The maximum Gasteiger partial charge on any atom is 0.118 e. The minimum absolute atomic E-state index is 0.195. The van der Waals surface area contributed by atoms with Crippen molar-refractivity contribution < 1.29 is 9.84 Å². The highest BCUT2D eigenvalue weighted by Gasteiger charge is 2.30. The van der Waals surface area contributed by atoms with Gasteiger partial charge in [0.15, 0.2) is 0 Å². The Morgan fingerprint density at radius 1 is 1.25 bits per heavy atom. The Hall–Kier alpha value is -0.320. The van der Waals surface area contributed by atoms with Crippen molar-refractivity contribution in [3.8, 4) is 5.75 Å². The number of rotatable bonds is 6. The fourth-order valence-corrected chi connectivity index (χ4v) is 5.75. The highest BCUT2D eigenvalue weighted by molar-refractivity contribution is 8.07. The number of ether oxygens (including phenoxy) is 1. The zero-order valence-electron chi connectivity index (χ0n) is 12.2. The molecule has 1 aliphatic heterocycles. The van der Waals surface area contributed by atoms with Crippen molar-refractivity contribution >= 4 is 23.5 Å². The van der Waals surface area contributed by atoms with Gasteiger partial charge in [0.25, 0.3) is 0 Å². The molecule has 0 amide bonds. The van der Waals surface area contributed by atoms with E-state index in [2.05, 4.69) is 19.1 Å². The van der Waals surface area contributed by atoms with Crippen LogP contribution in [0.1, 0.15) is 25.3 Å². The summed E-state index contributed by atoms with van der Waals surface area (Å²) in [6.07, 6.45) is 2.74. The second-order valence-corrected chi connectivity index (χ2v) is 7.74. The SMILES string of the molecule is CCC1SCCSC1C(O)CCc1ccc(OC)cc1. The highest BCUT2D eigenvalue weighted by atomic mass is 32.2. The van der Waals surface area contributed by atoms with E-state index in [1.54, 1.807) is 7.11 Å². The number of benzene rings is 1. The molecular weight excluding hydrogens is 288 g/mol. The number of methoxy groups -OCH3 is 1. The maximum absolute atomic E-state index is 10.5. The largest absolute Gasteiger partial charge is 0.497 e. The smallest absolute Gasteiger partial charge is 0.118 e. The van der Waals surface area contributed by atoms with E-state index in [9.17, 15) is 5.11 Å². The lowest BCUT2D eigenvalue weighted by Crippen LogP contribution is -2.36.